The van der Waals surface area contributed by atoms with E-state index in [0.29, 0.717) is 6.42 Å². The van der Waals surface area contributed by atoms with Crippen molar-refractivity contribution >= 4 is 16.1 Å². The van der Waals surface area contributed by atoms with Crippen molar-refractivity contribution in [1.29, 1.82) is 0 Å². The van der Waals surface area contributed by atoms with Gasteiger partial charge in [0.1, 0.15) is 10.1 Å². The van der Waals surface area contributed by atoms with E-state index in [9.17, 15) is 17.8 Å². The van der Waals surface area contributed by atoms with Crippen molar-refractivity contribution < 1.29 is 27.0 Å². The fourth-order valence-corrected chi connectivity index (χ4v) is 1.97. The van der Waals surface area contributed by atoms with Gasteiger partial charge in [-0.1, -0.05) is 6.92 Å². The first-order valence-corrected chi connectivity index (χ1v) is 6.90. The lowest BCUT2D eigenvalue weighted by molar-refractivity contribution is -0.896. The fraction of sp³-hybridized carbons (Fsp3) is 0.900. The molecule has 0 aromatic heterocycles. The summed E-state index contributed by atoms with van der Waals surface area (Å²) in [5.74, 6) is -0.998. The van der Waals surface area contributed by atoms with Crippen LogP contribution < -0.4 is 0 Å². The molecule has 17 heavy (non-hydrogen) atoms. The van der Waals surface area contributed by atoms with Crippen LogP contribution >= 0.6 is 0 Å². The Balaban J connectivity index is 4.43. The largest absolute Gasteiger partial charge is 0.744 e. The lowest BCUT2D eigenvalue weighted by Gasteiger charge is -2.31. The first-order chi connectivity index (χ1) is 7.40. The van der Waals surface area contributed by atoms with Gasteiger partial charge in [-0.05, 0) is 20.3 Å². The average molecular weight is 270 g/mol. The molecule has 0 rings (SSSR count). The predicted octanol–water partition coefficient (Wildman–Crippen LogP) is 0.502. The molecule has 0 atom stereocenters. The Bertz CT molecular complexity index is 372. The van der Waals surface area contributed by atoms with E-state index in [1.807, 2.05) is 6.92 Å². The molecule has 0 amide bonds. The van der Waals surface area contributed by atoms with Crippen LogP contribution in [0.4, 0.5) is 0 Å². The van der Waals surface area contributed by atoms with Gasteiger partial charge >= 0.3 is 5.97 Å². The number of carbonyl (C=O) groups is 1. The van der Waals surface area contributed by atoms with E-state index in [2.05, 4.69) is 0 Å². The van der Waals surface area contributed by atoms with E-state index in [1.165, 1.54) is 14.1 Å². The van der Waals surface area contributed by atoms with E-state index < -0.39 is 27.4 Å². The molecule has 6 nitrogen and oxygen atoms in total. The van der Waals surface area contributed by atoms with Gasteiger partial charge in [0, 0.05) is 0 Å². The van der Waals surface area contributed by atoms with E-state index >= 15 is 0 Å². The van der Waals surface area contributed by atoms with Gasteiger partial charge in [-0.15, -0.1) is 0 Å². The van der Waals surface area contributed by atoms with Gasteiger partial charge in [0.2, 0.25) is 6.73 Å². The summed E-state index contributed by atoms with van der Waals surface area (Å²) in [7, 11) is -1.31. The van der Waals surface area contributed by atoms with E-state index in [1.54, 1.807) is 13.8 Å². The predicted molar refractivity (Wildman–Crippen MR) is 61.7 cm³/mol. The molecule has 0 aromatic rings. The molecular weight excluding hydrogens is 249 g/mol. The molecule has 0 unspecified atom stereocenters. The maximum absolute atomic E-state index is 11.6. The minimum atomic E-state index is -4.34. The van der Waals surface area contributed by atoms with Crippen molar-refractivity contribution in [1.82, 2.24) is 0 Å². The number of esters is 1. The van der Waals surface area contributed by atoms with Crippen molar-refractivity contribution in [2.24, 2.45) is 5.41 Å². The van der Waals surface area contributed by atoms with Crippen LogP contribution in [-0.4, -0.2) is 50.1 Å². The number of carbonyl (C=O) groups excluding carboxylic acids is 1. The standard InChI is InChI=1S/C10H21NO5S/c1-6-10(2,3)9(12)16-7-11(4,5)8-17(13,14)15/h6-8H2,1-5H3/i4+1,5+1,11+1. The molecule has 0 N–H and O–H groups in total. The number of hydrogen-bond acceptors (Lipinski definition) is 5. The third kappa shape index (κ3) is 6.60. The lowest BCUT2D eigenvalue weighted by atomic mass is 9.91. The van der Waals surface area contributed by atoms with Gasteiger partial charge in [-0.25, -0.2) is 8.42 Å². The topological polar surface area (TPSA) is 83.5 Å². The molecule has 0 radical (unpaired) electrons. The second-order valence-electron chi connectivity index (χ2n) is 5.42. The molecule has 0 saturated carbocycles. The number of quaternary nitrogens is 1. The molecule has 0 aliphatic rings. The number of rotatable bonds is 6. The SMILES string of the molecule is CCC(C)(C)C(=O)OC[15N+]([13CH3])([13CH3])CS(=O)(=O)[O-]. The highest BCUT2D eigenvalue weighted by atomic mass is 32.2. The zero-order valence-electron chi connectivity index (χ0n) is 11.0. The van der Waals surface area contributed by atoms with Gasteiger partial charge in [-0.2, -0.15) is 0 Å². The summed E-state index contributed by atoms with van der Waals surface area (Å²) in [6, 6.07) is 0. The Labute approximate surface area is 103 Å². The molecule has 0 spiro atoms. The molecule has 0 bridgehead atoms. The van der Waals surface area contributed by atoms with Crippen LogP contribution in [0.1, 0.15) is 27.2 Å². The quantitative estimate of drug-likeness (QED) is 0.175. The summed E-state index contributed by atoms with van der Waals surface area (Å²) in [5, 5.41) is 0. The molecule has 0 aliphatic carbocycles. The van der Waals surface area contributed by atoms with Crippen LogP contribution in [0.2, 0.25) is 0 Å². The second kappa shape index (κ2) is 5.32. The highest BCUT2D eigenvalue weighted by molar-refractivity contribution is 7.85. The molecule has 0 fully saturated rings. The summed E-state index contributed by atoms with van der Waals surface area (Å²) >= 11 is 0. The van der Waals surface area contributed by atoms with Crippen LogP contribution in [0.3, 0.4) is 0 Å². The average Bonchev–Trinajstić information content (AvgIpc) is 2.10. The van der Waals surface area contributed by atoms with E-state index in [4.69, 9.17) is 4.74 Å². The second-order valence-corrected chi connectivity index (χ2v) is 6.79. The summed E-state index contributed by atoms with van der Waals surface area (Å²) in [6.07, 6.45) is 0.624. The summed E-state index contributed by atoms with van der Waals surface area (Å²) in [6.45, 7) is 5.23. The molecule has 7 heteroatoms. The molecule has 0 saturated heterocycles. The highest BCUT2D eigenvalue weighted by Crippen LogP contribution is 2.21. The Morgan fingerprint density at radius 2 is 1.82 bits per heavy atom. The van der Waals surface area contributed by atoms with Gasteiger partial charge < -0.3 is 9.29 Å². The van der Waals surface area contributed by atoms with Crippen LogP contribution in [0.15, 0.2) is 0 Å². The van der Waals surface area contributed by atoms with Crippen LogP contribution in [0.25, 0.3) is 0 Å². The van der Waals surface area contributed by atoms with Gasteiger partial charge in [0.05, 0.1) is 19.5 Å². The van der Waals surface area contributed by atoms with Crippen LogP contribution in [0.5, 0.6) is 0 Å². The minimum absolute atomic E-state index is 0.135. The monoisotopic (exact) mass is 270 g/mol. The van der Waals surface area contributed by atoms with Crippen molar-refractivity contribution in [3.8, 4) is 0 Å². The zero-order valence-corrected chi connectivity index (χ0v) is 11.8. The van der Waals surface area contributed by atoms with E-state index in [0.717, 1.165) is 0 Å². The Kier molecular flexibility index (Phi) is 5.12. The third-order valence-corrected chi connectivity index (χ3v) is 3.50. The maximum atomic E-state index is 11.6. The van der Waals surface area contributed by atoms with Gasteiger partial charge in [-0.3, -0.25) is 9.28 Å². The molecule has 0 heterocycles. The van der Waals surface area contributed by atoms with Gasteiger partial charge in [0.25, 0.3) is 0 Å². The number of ether oxygens (including phenoxy) is 1. The smallest absolute Gasteiger partial charge is 0.315 e. The van der Waals surface area contributed by atoms with Crippen molar-refractivity contribution in [3.63, 3.8) is 0 Å². The minimum Gasteiger partial charge on any atom is -0.744 e. The molecule has 0 aliphatic heterocycles. The first-order valence-electron chi connectivity index (χ1n) is 5.32. The van der Waals surface area contributed by atoms with Gasteiger partial charge in [0.15, 0.2) is 5.88 Å². The normalized spacial score (nSPS) is 13.5. The van der Waals surface area contributed by atoms with Crippen molar-refractivity contribution in [3.05, 3.63) is 0 Å². The Morgan fingerprint density at radius 3 is 2.18 bits per heavy atom. The molecular formula is C10H21NO5S. The number of hydrogen-bond donors (Lipinski definition) is 0. The van der Waals surface area contributed by atoms with Crippen molar-refractivity contribution in [2.45, 2.75) is 27.2 Å². The third-order valence-electron chi connectivity index (χ3n) is 2.49. The number of nitrogens with zero attached hydrogens (tertiary/aromatic N) is 1. The summed E-state index contributed by atoms with van der Waals surface area (Å²) in [5.41, 5.74) is -0.601. The Morgan fingerprint density at radius 1 is 1.35 bits per heavy atom. The first kappa shape index (κ1) is 16.3. The molecule has 102 valence electrons. The van der Waals surface area contributed by atoms with Crippen LogP contribution in [-0.2, 0) is 19.6 Å². The van der Waals surface area contributed by atoms with Crippen LogP contribution in [0, 0.1) is 5.41 Å². The zero-order chi connectivity index (χ0) is 13.9. The Hall–Kier alpha value is -0.660. The maximum Gasteiger partial charge on any atom is 0.315 e. The van der Waals surface area contributed by atoms with E-state index in [-0.39, 0.29) is 11.2 Å². The lowest BCUT2D eigenvalue weighted by Crippen LogP contribution is -2.46. The van der Waals surface area contributed by atoms with Crippen molar-refractivity contribution in [2.75, 3.05) is 26.7 Å². The summed E-state index contributed by atoms with van der Waals surface area (Å²) in [4.78, 5) is 11.6. The fourth-order valence-electron chi connectivity index (χ4n) is 1.04. The highest BCUT2D eigenvalue weighted by Gasteiger charge is 2.29. The summed E-state index contributed by atoms with van der Waals surface area (Å²) < 4.78 is 36.7. The molecule has 0 aromatic carbocycles.